The molecule has 0 aliphatic carbocycles. The molecule has 0 spiro atoms. The van der Waals surface area contributed by atoms with Gasteiger partial charge >= 0.3 is 17.5 Å². The fourth-order valence-electron chi connectivity index (χ4n) is 0.764. The third-order valence-electron chi connectivity index (χ3n) is 1.29. The molecule has 0 fully saturated rings. The van der Waals surface area contributed by atoms with Gasteiger partial charge in [-0.25, -0.2) is 0 Å². The topological polar surface area (TPSA) is 58.6 Å². The van der Waals surface area contributed by atoms with E-state index in [2.05, 4.69) is 9.03 Å². The summed E-state index contributed by atoms with van der Waals surface area (Å²) in [4.78, 5) is 10.5. The maximum atomic E-state index is 10.5. The van der Waals surface area contributed by atoms with Crippen molar-refractivity contribution in [2.24, 2.45) is 0 Å². The fraction of sp³-hybridized carbons (Fsp3) is 0.125. The first-order chi connectivity index (χ1) is 6.33. The quantitative estimate of drug-likeness (QED) is 0.674. The number of hydrogen-bond acceptors (Lipinski definition) is 4. The Morgan fingerprint density at radius 1 is 1.38 bits per heavy atom. The maximum absolute atomic E-state index is 10.5. The van der Waals surface area contributed by atoms with Crippen LogP contribution in [-0.4, -0.2) is 6.16 Å². The third-order valence-corrected chi connectivity index (χ3v) is 1.48. The summed E-state index contributed by atoms with van der Waals surface area (Å²) in [6, 6.07) is 9.10. The summed E-state index contributed by atoms with van der Waals surface area (Å²) in [5, 5.41) is 0. The highest BCUT2D eigenvalue weighted by atomic mass is 35.6. The number of carbonyl (C=O) groups is 1. The van der Waals surface area contributed by atoms with E-state index in [0.29, 0.717) is 0 Å². The molecule has 70 valence electrons. The molecule has 13 heavy (non-hydrogen) atoms. The Labute approximate surface area is 79.1 Å². The van der Waals surface area contributed by atoms with Crippen LogP contribution in [0.25, 0.3) is 0 Å². The van der Waals surface area contributed by atoms with E-state index in [1.54, 1.807) is 12.1 Å². The molecule has 0 aliphatic heterocycles. The number of ether oxygens (including phenoxy) is 1. The molecule has 1 rings (SSSR count). The van der Waals surface area contributed by atoms with Crippen LogP contribution in [0, 0.1) is 11.3 Å². The van der Waals surface area contributed by atoms with Gasteiger partial charge in [0.1, 0.15) is 6.61 Å². The summed E-state index contributed by atoms with van der Waals surface area (Å²) >= 11 is 0.140. The Kier molecular flexibility index (Phi) is 4.08. The Hall–Kier alpha value is -1.26. The van der Waals surface area contributed by atoms with E-state index in [4.69, 9.17) is 0 Å². The molecule has 0 amide bonds. The van der Waals surface area contributed by atoms with Gasteiger partial charge in [-0.3, -0.25) is 0 Å². The van der Waals surface area contributed by atoms with Crippen molar-refractivity contribution in [3.05, 3.63) is 35.9 Å². The molecule has 0 aromatic heterocycles. The molecular formula is C8H7ClO4. The number of halogens is 1. The number of hydrogen-bond donors (Lipinski definition) is 0. The molecule has 1 aromatic rings. The zero-order chi connectivity index (χ0) is 9.52. The van der Waals surface area contributed by atoms with Crippen molar-refractivity contribution in [1.29, 1.82) is 0 Å². The number of carbonyl (C=O) groups excluding carboxylic acids is 1. The molecule has 0 atom stereocenters. The second-order valence-corrected chi connectivity index (χ2v) is 2.44. The lowest BCUT2D eigenvalue weighted by molar-refractivity contribution is -1.26. The molecule has 0 aliphatic rings. The summed E-state index contributed by atoms with van der Waals surface area (Å²) in [5.74, 6) is 0. The van der Waals surface area contributed by atoms with Crippen LogP contribution < -0.4 is 4.66 Å². The standard InChI is InChI=1S/C8H7ClO4/c10-8(13-9-11)12-6-7-4-2-1-3-5-7/h1-5H,6H2. The van der Waals surface area contributed by atoms with Crippen molar-refractivity contribution >= 4 is 6.16 Å². The second-order valence-electron chi connectivity index (χ2n) is 2.16. The van der Waals surface area contributed by atoms with Crippen LogP contribution in [0.15, 0.2) is 30.3 Å². The van der Waals surface area contributed by atoms with Gasteiger partial charge in [0, 0.05) is 0 Å². The highest BCUT2D eigenvalue weighted by molar-refractivity contribution is 5.58. The van der Waals surface area contributed by atoms with Gasteiger partial charge in [-0.05, 0) is 5.56 Å². The van der Waals surface area contributed by atoms with Gasteiger partial charge in [0.15, 0.2) is 0 Å². The first-order valence-electron chi connectivity index (χ1n) is 3.47. The van der Waals surface area contributed by atoms with Gasteiger partial charge in [0.2, 0.25) is 0 Å². The smallest absolute Gasteiger partial charge is 0.495 e. The van der Waals surface area contributed by atoms with Gasteiger partial charge < -0.3 is 9.40 Å². The van der Waals surface area contributed by atoms with Gasteiger partial charge in [-0.1, -0.05) is 30.3 Å². The van der Waals surface area contributed by atoms with Crippen LogP contribution in [0.2, 0.25) is 0 Å². The normalized spacial score (nSPS) is 9.31. The highest BCUT2D eigenvalue weighted by Gasteiger charge is 2.09. The largest absolute Gasteiger partial charge is 0.568 e. The number of rotatable bonds is 3. The van der Waals surface area contributed by atoms with Crippen molar-refractivity contribution in [3.63, 3.8) is 0 Å². The molecule has 0 saturated heterocycles. The fourth-order valence-corrected chi connectivity index (χ4v) is 0.860. The van der Waals surface area contributed by atoms with E-state index < -0.39 is 6.16 Å². The Morgan fingerprint density at radius 3 is 2.69 bits per heavy atom. The average molecular weight is 203 g/mol. The van der Waals surface area contributed by atoms with Crippen LogP contribution >= 0.6 is 0 Å². The Balaban J connectivity index is 2.31. The molecule has 0 N–H and O–H groups in total. The zero-order valence-electron chi connectivity index (χ0n) is 6.60. The number of benzene rings is 1. The van der Waals surface area contributed by atoms with Crippen LogP contribution in [-0.2, 0) is 15.6 Å². The molecule has 0 saturated carbocycles. The summed E-state index contributed by atoms with van der Waals surface area (Å²) in [7, 11) is 0. The summed E-state index contributed by atoms with van der Waals surface area (Å²) < 4.78 is 18.2. The van der Waals surface area contributed by atoms with Gasteiger partial charge in [-0.15, -0.1) is 4.29 Å². The molecule has 5 heteroatoms. The lowest BCUT2D eigenvalue weighted by Crippen LogP contribution is -2.12. The van der Waals surface area contributed by atoms with E-state index in [1.165, 1.54) is 0 Å². The van der Waals surface area contributed by atoms with E-state index >= 15 is 0 Å². The minimum Gasteiger partial charge on any atom is -0.495 e. The van der Waals surface area contributed by atoms with Crippen molar-refractivity contribution in [2.75, 3.05) is 0 Å². The monoisotopic (exact) mass is 202 g/mol. The minimum absolute atomic E-state index is 0.102. The Bertz CT molecular complexity index is 262. The van der Waals surface area contributed by atoms with Crippen molar-refractivity contribution in [3.8, 4) is 0 Å². The van der Waals surface area contributed by atoms with Crippen LogP contribution in [0.4, 0.5) is 4.79 Å². The van der Waals surface area contributed by atoms with E-state index in [0.717, 1.165) is 5.56 Å². The Morgan fingerprint density at radius 2 is 2.08 bits per heavy atom. The first-order valence-corrected chi connectivity index (χ1v) is 4.09. The van der Waals surface area contributed by atoms with E-state index in [-0.39, 0.29) is 17.9 Å². The highest BCUT2D eigenvalue weighted by Crippen LogP contribution is 2.01. The maximum Gasteiger partial charge on any atom is 0.568 e. The molecule has 0 heterocycles. The molecule has 4 nitrogen and oxygen atoms in total. The summed E-state index contributed by atoms with van der Waals surface area (Å²) in [5.41, 5.74) is 0.837. The predicted molar refractivity (Wildman–Crippen MR) is 37.7 cm³/mol. The van der Waals surface area contributed by atoms with Gasteiger partial charge in [0.25, 0.3) is 0 Å². The van der Waals surface area contributed by atoms with Crippen molar-refractivity contribution in [1.82, 2.24) is 0 Å². The lowest BCUT2D eigenvalue weighted by Gasteiger charge is -1.99. The molecule has 0 unspecified atom stereocenters. The van der Waals surface area contributed by atoms with E-state index in [1.807, 2.05) is 18.2 Å². The average Bonchev–Trinajstić information content (AvgIpc) is 2.17. The molecule has 1 aromatic carbocycles. The van der Waals surface area contributed by atoms with Gasteiger partial charge in [-0.2, -0.15) is 4.79 Å². The van der Waals surface area contributed by atoms with Crippen LogP contribution in [0.3, 0.4) is 0 Å². The second kappa shape index (κ2) is 5.40. The van der Waals surface area contributed by atoms with E-state index in [9.17, 15) is 9.45 Å². The summed E-state index contributed by atoms with van der Waals surface area (Å²) in [6.07, 6.45) is -0.993. The van der Waals surface area contributed by atoms with Crippen molar-refractivity contribution < 1.29 is 29.8 Å². The summed E-state index contributed by atoms with van der Waals surface area (Å²) in [6.45, 7) is 0.102. The molecule has 0 bridgehead atoms. The SMILES string of the molecule is O=C(OCc1ccccc1)O[Cl+][O-]. The third kappa shape index (κ3) is 3.78. The van der Waals surface area contributed by atoms with Crippen molar-refractivity contribution in [2.45, 2.75) is 6.61 Å². The van der Waals surface area contributed by atoms with Crippen LogP contribution in [0.5, 0.6) is 0 Å². The molecule has 0 radical (unpaired) electrons. The minimum atomic E-state index is -0.993. The van der Waals surface area contributed by atoms with Gasteiger partial charge in [0.05, 0.1) is 0 Å². The first kappa shape index (κ1) is 9.83. The van der Waals surface area contributed by atoms with Crippen LogP contribution in [0.1, 0.15) is 5.56 Å². The lowest BCUT2D eigenvalue weighted by atomic mass is 10.2. The molecular weight excluding hydrogens is 196 g/mol. The zero-order valence-corrected chi connectivity index (χ0v) is 7.36. The predicted octanol–water partition coefficient (Wildman–Crippen LogP) is 0.615.